The molecule has 7 heteroatoms. The molecule has 0 amide bonds. The molecule has 0 aromatic carbocycles. The lowest BCUT2D eigenvalue weighted by atomic mass is 10.1. The second kappa shape index (κ2) is 8.62. The van der Waals surface area contributed by atoms with Crippen LogP contribution in [0.3, 0.4) is 0 Å². The van der Waals surface area contributed by atoms with Crippen molar-refractivity contribution in [1.82, 2.24) is 14.8 Å². The highest BCUT2D eigenvalue weighted by molar-refractivity contribution is 7.16. The average Bonchev–Trinajstić information content (AvgIpc) is 2.83. The van der Waals surface area contributed by atoms with Crippen LogP contribution < -0.4 is 4.90 Å². The SMILES string of the molecule is CC(C)CN1CCN(Cc2sc(N(C)C)nc2Cl)C[C@H]1CCO. The van der Waals surface area contributed by atoms with E-state index >= 15 is 0 Å². The Bertz CT molecular complexity index is 494. The first-order chi connectivity index (χ1) is 10.9. The summed E-state index contributed by atoms with van der Waals surface area (Å²) in [7, 11) is 3.97. The number of hydrogen-bond donors (Lipinski definition) is 1. The zero-order valence-electron chi connectivity index (χ0n) is 14.6. The molecule has 2 heterocycles. The highest BCUT2D eigenvalue weighted by atomic mass is 35.5. The van der Waals surface area contributed by atoms with Gasteiger partial charge in [0.25, 0.3) is 0 Å². The third-order valence-corrected chi connectivity index (χ3v) is 5.77. The predicted molar refractivity (Wildman–Crippen MR) is 98.6 cm³/mol. The van der Waals surface area contributed by atoms with Gasteiger partial charge in [-0.25, -0.2) is 4.98 Å². The molecule has 0 unspecified atom stereocenters. The molecule has 0 radical (unpaired) electrons. The molecule has 1 aromatic heterocycles. The van der Waals surface area contributed by atoms with E-state index in [0.717, 1.165) is 49.2 Å². The van der Waals surface area contributed by atoms with Gasteiger partial charge in [-0.2, -0.15) is 0 Å². The largest absolute Gasteiger partial charge is 0.396 e. The molecule has 132 valence electrons. The monoisotopic (exact) mass is 360 g/mol. The van der Waals surface area contributed by atoms with Gasteiger partial charge in [-0.15, -0.1) is 0 Å². The van der Waals surface area contributed by atoms with Gasteiger partial charge in [0.15, 0.2) is 5.13 Å². The Morgan fingerprint density at radius 3 is 2.70 bits per heavy atom. The van der Waals surface area contributed by atoms with E-state index in [2.05, 4.69) is 28.6 Å². The molecular formula is C16H29ClN4OS. The van der Waals surface area contributed by atoms with E-state index in [1.165, 1.54) is 0 Å². The van der Waals surface area contributed by atoms with Crippen molar-refractivity contribution in [2.45, 2.75) is 32.9 Å². The maximum absolute atomic E-state index is 9.38. The van der Waals surface area contributed by atoms with Gasteiger partial charge in [-0.3, -0.25) is 9.80 Å². The highest BCUT2D eigenvalue weighted by Crippen LogP contribution is 2.30. The number of halogens is 1. The van der Waals surface area contributed by atoms with Crippen molar-refractivity contribution in [2.75, 3.05) is 51.8 Å². The Balaban J connectivity index is 1.99. The van der Waals surface area contributed by atoms with Crippen molar-refractivity contribution in [2.24, 2.45) is 5.92 Å². The summed E-state index contributed by atoms with van der Waals surface area (Å²) >= 11 is 7.96. The number of thiazole rings is 1. The lowest BCUT2D eigenvalue weighted by Crippen LogP contribution is -2.53. The third-order valence-electron chi connectivity index (χ3n) is 4.14. The van der Waals surface area contributed by atoms with Gasteiger partial charge in [0, 0.05) is 59.5 Å². The molecule has 2 rings (SSSR count). The Morgan fingerprint density at radius 1 is 1.39 bits per heavy atom. The molecule has 0 aliphatic carbocycles. The van der Waals surface area contributed by atoms with Crippen LogP contribution in [0.15, 0.2) is 0 Å². The Hall–Kier alpha value is -0.400. The molecule has 0 saturated carbocycles. The fourth-order valence-electron chi connectivity index (χ4n) is 3.05. The number of aliphatic hydroxyl groups is 1. The van der Waals surface area contributed by atoms with Crippen molar-refractivity contribution in [1.29, 1.82) is 0 Å². The molecule has 0 spiro atoms. The van der Waals surface area contributed by atoms with Gasteiger partial charge in [-0.1, -0.05) is 36.8 Å². The first-order valence-corrected chi connectivity index (χ1v) is 9.50. The first-order valence-electron chi connectivity index (χ1n) is 8.30. The minimum absolute atomic E-state index is 0.249. The van der Waals surface area contributed by atoms with Gasteiger partial charge in [0.2, 0.25) is 0 Å². The van der Waals surface area contributed by atoms with Gasteiger partial charge in [0.05, 0.1) is 4.88 Å². The summed E-state index contributed by atoms with van der Waals surface area (Å²) in [5, 5.41) is 11.0. The summed E-state index contributed by atoms with van der Waals surface area (Å²) in [5.74, 6) is 0.654. The molecule has 0 bridgehead atoms. The van der Waals surface area contributed by atoms with E-state index < -0.39 is 0 Å². The number of nitrogens with zero attached hydrogens (tertiary/aromatic N) is 4. The van der Waals surface area contributed by atoms with Crippen LogP contribution in [-0.2, 0) is 6.54 Å². The summed E-state index contributed by atoms with van der Waals surface area (Å²) in [4.78, 5) is 12.5. The number of anilines is 1. The van der Waals surface area contributed by atoms with E-state index in [0.29, 0.717) is 17.1 Å². The quantitative estimate of drug-likeness (QED) is 0.808. The molecule has 1 aromatic rings. The molecular weight excluding hydrogens is 332 g/mol. The van der Waals surface area contributed by atoms with Crippen LogP contribution in [-0.4, -0.2) is 72.8 Å². The minimum atomic E-state index is 0.249. The maximum Gasteiger partial charge on any atom is 0.186 e. The van der Waals surface area contributed by atoms with Crippen LogP contribution in [0.4, 0.5) is 5.13 Å². The number of piperazine rings is 1. The molecule has 5 nitrogen and oxygen atoms in total. The van der Waals surface area contributed by atoms with Gasteiger partial charge >= 0.3 is 0 Å². The summed E-state index contributed by atoms with van der Waals surface area (Å²) in [6, 6.07) is 0.427. The first kappa shape index (κ1) is 18.9. The van der Waals surface area contributed by atoms with Crippen molar-refractivity contribution in [3.05, 3.63) is 10.0 Å². The third kappa shape index (κ3) is 5.29. The van der Waals surface area contributed by atoms with Crippen LogP contribution in [0.1, 0.15) is 25.1 Å². The topological polar surface area (TPSA) is 42.8 Å². The van der Waals surface area contributed by atoms with Gasteiger partial charge in [-0.05, 0) is 12.3 Å². The summed E-state index contributed by atoms with van der Waals surface area (Å²) in [6.07, 6.45) is 0.836. The number of aliphatic hydroxyl groups excluding tert-OH is 1. The lowest BCUT2D eigenvalue weighted by Gasteiger charge is -2.42. The molecule has 1 aliphatic rings. The predicted octanol–water partition coefficient (Wildman–Crippen LogP) is 2.39. The normalized spacial score (nSPS) is 20.4. The second-order valence-corrected chi connectivity index (χ2v) is 8.31. The average molecular weight is 361 g/mol. The number of hydrogen-bond acceptors (Lipinski definition) is 6. The standard InChI is InChI=1S/C16H29ClN4OS/c1-12(2)9-21-7-6-20(10-13(21)5-8-22)11-14-15(17)18-16(23-14)19(3)4/h12-13,22H,5-11H2,1-4H3/t13-/m1/s1. The Labute approximate surface area is 148 Å². The minimum Gasteiger partial charge on any atom is -0.396 e. The molecule has 1 aliphatic heterocycles. The van der Waals surface area contributed by atoms with Crippen LogP contribution in [0.2, 0.25) is 5.15 Å². The van der Waals surface area contributed by atoms with Crippen LogP contribution in [0, 0.1) is 5.92 Å². The summed E-state index contributed by atoms with van der Waals surface area (Å²) in [6.45, 7) is 9.79. The molecule has 1 saturated heterocycles. The maximum atomic E-state index is 9.38. The smallest absolute Gasteiger partial charge is 0.186 e. The second-order valence-electron chi connectivity index (χ2n) is 6.89. The summed E-state index contributed by atoms with van der Waals surface area (Å²) < 4.78 is 0. The van der Waals surface area contributed by atoms with Gasteiger partial charge in [0.1, 0.15) is 5.15 Å². The van der Waals surface area contributed by atoms with Crippen molar-refractivity contribution in [3.8, 4) is 0 Å². The van der Waals surface area contributed by atoms with Crippen molar-refractivity contribution < 1.29 is 5.11 Å². The molecule has 1 atom stereocenters. The van der Waals surface area contributed by atoms with Crippen LogP contribution in [0.5, 0.6) is 0 Å². The van der Waals surface area contributed by atoms with E-state index in [4.69, 9.17) is 11.6 Å². The zero-order valence-corrected chi connectivity index (χ0v) is 16.2. The Morgan fingerprint density at radius 2 is 2.13 bits per heavy atom. The zero-order chi connectivity index (χ0) is 17.0. The van der Waals surface area contributed by atoms with E-state index in [-0.39, 0.29) is 6.61 Å². The molecule has 1 N–H and O–H groups in total. The number of aromatic nitrogens is 1. The molecule has 23 heavy (non-hydrogen) atoms. The van der Waals surface area contributed by atoms with Crippen LogP contribution >= 0.6 is 22.9 Å². The Kier molecular flexibility index (Phi) is 7.10. The van der Waals surface area contributed by atoms with Crippen molar-refractivity contribution in [3.63, 3.8) is 0 Å². The van der Waals surface area contributed by atoms with E-state index in [9.17, 15) is 5.11 Å². The number of rotatable bonds is 7. The van der Waals surface area contributed by atoms with E-state index in [1.54, 1.807) is 11.3 Å². The lowest BCUT2D eigenvalue weighted by molar-refractivity contribution is 0.0481. The summed E-state index contributed by atoms with van der Waals surface area (Å²) in [5.41, 5.74) is 0. The van der Waals surface area contributed by atoms with Gasteiger partial charge < -0.3 is 10.0 Å². The van der Waals surface area contributed by atoms with Crippen LogP contribution in [0.25, 0.3) is 0 Å². The fraction of sp³-hybridized carbons (Fsp3) is 0.812. The highest BCUT2D eigenvalue weighted by Gasteiger charge is 2.27. The fourth-order valence-corrected chi connectivity index (χ4v) is 4.27. The molecule has 1 fully saturated rings. The van der Waals surface area contributed by atoms with E-state index in [1.807, 2.05) is 19.0 Å². The van der Waals surface area contributed by atoms with Crippen molar-refractivity contribution >= 4 is 28.1 Å².